The van der Waals surface area contributed by atoms with Crippen molar-refractivity contribution in [2.24, 2.45) is 4.99 Å². The van der Waals surface area contributed by atoms with Gasteiger partial charge in [0.2, 0.25) is 0 Å². The zero-order valence-electron chi connectivity index (χ0n) is 18.7. The molecule has 0 aliphatic carbocycles. The third-order valence-electron chi connectivity index (χ3n) is 6.02. The number of sulfone groups is 1. The van der Waals surface area contributed by atoms with Crippen LogP contribution in [0.2, 0.25) is 0 Å². The Morgan fingerprint density at radius 1 is 1.06 bits per heavy atom. The number of nitrogens with zero attached hydrogens (tertiary/aromatic N) is 3. The fourth-order valence-electron chi connectivity index (χ4n) is 4.31. The molecule has 2 heterocycles. The standard InChI is InChI=1S/C24H29N3O3S2/c1-4-26(5-2)19-10-12-20(13-11-19)27-21-15-32(29,30)16-22(21)31-24(27)25-23(28)14-18-8-6-17(3)7-9-18/h6-13,21-22H,4-5,14-16H2,1-3H3/t21-,22+/m1/s1. The van der Waals surface area contributed by atoms with Crippen LogP contribution < -0.4 is 9.80 Å². The van der Waals surface area contributed by atoms with E-state index in [-0.39, 0.29) is 35.1 Å². The molecule has 6 nitrogen and oxygen atoms in total. The first-order valence-electron chi connectivity index (χ1n) is 11.0. The van der Waals surface area contributed by atoms with Crippen LogP contribution in [0.3, 0.4) is 0 Å². The number of rotatable bonds is 6. The Bertz CT molecular complexity index is 1110. The van der Waals surface area contributed by atoms with Crippen LogP contribution in [-0.2, 0) is 21.1 Å². The van der Waals surface area contributed by atoms with Gasteiger partial charge in [-0.3, -0.25) is 4.79 Å². The van der Waals surface area contributed by atoms with Gasteiger partial charge in [0.1, 0.15) is 0 Å². The summed E-state index contributed by atoms with van der Waals surface area (Å²) in [7, 11) is -3.09. The Balaban J connectivity index is 1.62. The Morgan fingerprint density at radius 2 is 1.72 bits per heavy atom. The molecule has 2 fully saturated rings. The fourth-order valence-corrected chi connectivity index (χ4v) is 8.24. The minimum Gasteiger partial charge on any atom is -0.372 e. The second-order valence-electron chi connectivity index (χ2n) is 8.31. The lowest BCUT2D eigenvalue weighted by molar-refractivity contribution is -0.117. The maximum atomic E-state index is 12.7. The first-order chi connectivity index (χ1) is 15.3. The molecule has 2 atom stereocenters. The first-order valence-corrected chi connectivity index (χ1v) is 13.7. The summed E-state index contributed by atoms with van der Waals surface area (Å²) in [6, 6.07) is 15.8. The monoisotopic (exact) mass is 471 g/mol. The molecule has 0 saturated carbocycles. The highest BCUT2D eigenvalue weighted by atomic mass is 32.2. The average Bonchev–Trinajstić information content (AvgIpc) is 3.22. The highest BCUT2D eigenvalue weighted by molar-refractivity contribution is 8.16. The van der Waals surface area contributed by atoms with Gasteiger partial charge in [-0.25, -0.2) is 8.42 Å². The molecule has 0 spiro atoms. The summed E-state index contributed by atoms with van der Waals surface area (Å²) < 4.78 is 24.6. The van der Waals surface area contributed by atoms with E-state index in [0.717, 1.165) is 35.6 Å². The van der Waals surface area contributed by atoms with Gasteiger partial charge in [0.15, 0.2) is 15.0 Å². The van der Waals surface area contributed by atoms with E-state index in [4.69, 9.17) is 0 Å². The zero-order valence-corrected chi connectivity index (χ0v) is 20.3. The fraction of sp³-hybridized carbons (Fsp3) is 0.417. The number of carbonyl (C=O) groups is 1. The number of fused-ring (bicyclic) bond motifs is 1. The van der Waals surface area contributed by atoms with Crippen molar-refractivity contribution in [3.63, 3.8) is 0 Å². The van der Waals surface area contributed by atoms with Crippen molar-refractivity contribution in [3.05, 3.63) is 59.7 Å². The van der Waals surface area contributed by atoms with E-state index in [2.05, 4.69) is 35.9 Å². The summed E-state index contributed by atoms with van der Waals surface area (Å²) in [6.45, 7) is 8.08. The number of amides is 1. The lowest BCUT2D eigenvalue weighted by Gasteiger charge is -2.26. The normalized spacial score (nSPS) is 22.8. The Kier molecular flexibility index (Phi) is 6.62. The number of anilines is 2. The topological polar surface area (TPSA) is 70.0 Å². The molecule has 0 unspecified atom stereocenters. The van der Waals surface area contributed by atoms with E-state index in [1.165, 1.54) is 11.8 Å². The number of hydrogen-bond donors (Lipinski definition) is 0. The van der Waals surface area contributed by atoms with Gasteiger partial charge in [0.25, 0.3) is 5.91 Å². The van der Waals surface area contributed by atoms with E-state index < -0.39 is 9.84 Å². The summed E-state index contributed by atoms with van der Waals surface area (Å²) in [5.41, 5.74) is 4.06. The molecule has 2 aliphatic rings. The molecule has 2 aromatic carbocycles. The Morgan fingerprint density at radius 3 is 2.34 bits per heavy atom. The van der Waals surface area contributed by atoms with Crippen molar-refractivity contribution in [2.75, 3.05) is 34.4 Å². The predicted octanol–water partition coefficient (Wildman–Crippen LogP) is 3.69. The lowest BCUT2D eigenvalue weighted by Crippen LogP contribution is -2.37. The molecular formula is C24H29N3O3S2. The smallest absolute Gasteiger partial charge is 0.252 e. The second kappa shape index (κ2) is 9.27. The largest absolute Gasteiger partial charge is 0.372 e. The SMILES string of the molecule is CCN(CC)c1ccc(N2C(=NC(=O)Cc3ccc(C)cc3)S[C@H]3CS(=O)(=O)C[C@H]32)cc1. The highest BCUT2D eigenvalue weighted by Gasteiger charge is 2.49. The van der Waals surface area contributed by atoms with Crippen LogP contribution in [0.1, 0.15) is 25.0 Å². The van der Waals surface area contributed by atoms with Crippen LogP contribution in [0.25, 0.3) is 0 Å². The van der Waals surface area contributed by atoms with Crippen LogP contribution in [0.5, 0.6) is 0 Å². The van der Waals surface area contributed by atoms with E-state index in [1.807, 2.05) is 48.2 Å². The number of carbonyl (C=O) groups excluding carboxylic acids is 1. The van der Waals surface area contributed by atoms with E-state index in [0.29, 0.717) is 5.17 Å². The molecular weight excluding hydrogens is 442 g/mol. The Hall–Kier alpha value is -2.32. The minimum absolute atomic E-state index is 0.0909. The van der Waals surface area contributed by atoms with Gasteiger partial charge in [0, 0.05) is 29.7 Å². The van der Waals surface area contributed by atoms with E-state index in [9.17, 15) is 13.2 Å². The molecule has 0 bridgehead atoms. The third kappa shape index (κ3) is 4.86. The van der Waals surface area contributed by atoms with Crippen LogP contribution >= 0.6 is 11.8 Å². The van der Waals surface area contributed by atoms with Gasteiger partial charge in [0.05, 0.1) is 24.0 Å². The molecule has 170 valence electrons. The number of thioether (sulfide) groups is 1. The van der Waals surface area contributed by atoms with Crippen LogP contribution in [0.15, 0.2) is 53.5 Å². The third-order valence-corrected chi connectivity index (χ3v) is 9.23. The molecule has 8 heteroatoms. The first kappa shape index (κ1) is 22.9. The second-order valence-corrected chi connectivity index (χ2v) is 11.7. The average molecular weight is 472 g/mol. The lowest BCUT2D eigenvalue weighted by atomic mass is 10.1. The van der Waals surface area contributed by atoms with E-state index in [1.54, 1.807) is 0 Å². The van der Waals surface area contributed by atoms with Gasteiger partial charge in [-0.1, -0.05) is 41.6 Å². The molecule has 0 radical (unpaired) electrons. The summed E-state index contributed by atoms with van der Waals surface area (Å²) >= 11 is 1.41. The summed E-state index contributed by atoms with van der Waals surface area (Å²) in [5.74, 6) is -0.00114. The van der Waals surface area contributed by atoms with Gasteiger partial charge in [-0.2, -0.15) is 4.99 Å². The maximum Gasteiger partial charge on any atom is 0.252 e. The molecule has 2 aliphatic heterocycles. The summed E-state index contributed by atoms with van der Waals surface area (Å²) in [5, 5.41) is 0.496. The van der Waals surface area contributed by atoms with Crippen LogP contribution in [0.4, 0.5) is 11.4 Å². The molecule has 0 N–H and O–H groups in total. The van der Waals surface area contributed by atoms with Crippen molar-refractivity contribution in [3.8, 4) is 0 Å². The van der Waals surface area contributed by atoms with Crippen molar-refractivity contribution in [1.82, 2.24) is 0 Å². The molecule has 32 heavy (non-hydrogen) atoms. The number of amidine groups is 1. The molecule has 1 amide bonds. The van der Waals surface area contributed by atoms with Crippen molar-refractivity contribution in [2.45, 2.75) is 38.5 Å². The predicted molar refractivity (Wildman–Crippen MR) is 134 cm³/mol. The van der Waals surface area contributed by atoms with Gasteiger partial charge in [-0.15, -0.1) is 0 Å². The number of benzene rings is 2. The van der Waals surface area contributed by atoms with Crippen molar-refractivity contribution in [1.29, 1.82) is 0 Å². The molecule has 2 aromatic rings. The minimum atomic E-state index is -3.09. The summed E-state index contributed by atoms with van der Waals surface area (Å²) in [4.78, 5) is 21.4. The quantitative estimate of drug-likeness (QED) is 0.640. The van der Waals surface area contributed by atoms with Gasteiger partial charge < -0.3 is 9.80 Å². The van der Waals surface area contributed by atoms with Crippen molar-refractivity contribution >= 4 is 44.0 Å². The van der Waals surface area contributed by atoms with Crippen molar-refractivity contribution < 1.29 is 13.2 Å². The Labute approximate surface area is 194 Å². The molecule has 4 rings (SSSR count). The zero-order chi connectivity index (χ0) is 22.9. The number of aryl methyl sites for hydroxylation is 1. The van der Waals surface area contributed by atoms with Gasteiger partial charge in [-0.05, 0) is 50.6 Å². The highest BCUT2D eigenvalue weighted by Crippen LogP contribution is 2.41. The van der Waals surface area contributed by atoms with Gasteiger partial charge >= 0.3 is 0 Å². The number of hydrogen-bond acceptors (Lipinski definition) is 5. The molecule has 0 aromatic heterocycles. The van der Waals surface area contributed by atoms with Crippen LogP contribution in [0, 0.1) is 6.92 Å². The molecule has 2 saturated heterocycles. The van der Waals surface area contributed by atoms with E-state index >= 15 is 0 Å². The number of aliphatic imine (C=N–C) groups is 1. The maximum absolute atomic E-state index is 12.7. The summed E-state index contributed by atoms with van der Waals surface area (Å²) in [6.07, 6.45) is 0.229. The van der Waals surface area contributed by atoms with Crippen LogP contribution in [-0.4, -0.2) is 55.4 Å².